The Bertz CT molecular complexity index is 1650. The van der Waals surface area contributed by atoms with Gasteiger partial charge in [-0.1, -0.05) is 41.9 Å². The number of likely N-dealkylation sites (N-methyl/N-ethyl adjacent to an activating group) is 1. The number of anilines is 2. The van der Waals surface area contributed by atoms with E-state index in [9.17, 15) is 0 Å². The zero-order valence-electron chi connectivity index (χ0n) is 23.9. The summed E-state index contributed by atoms with van der Waals surface area (Å²) in [4.78, 5) is 9.13. The fraction of sp³-hybridized carbons (Fsp3) is 0.235. The standard InChI is InChI=1S/C34H33ClN4OS/c1-21-10-6-7-12-30(21)40-24-15-13-23(14-16-24)39-32(31(37-33(39)41)28-11-8-9-17-36-28)26-18-25-22(2)20-34(3,4)38(5)29(25)19-27(26)35/h6-20,31-32H,1-5H3,(H,37,41)/t31-,32-/m1/s1. The molecule has 5 nitrogen and oxygen atoms in total. The number of hydrogen-bond donors (Lipinski definition) is 1. The molecule has 2 aliphatic heterocycles. The van der Waals surface area contributed by atoms with Crippen molar-refractivity contribution in [1.29, 1.82) is 0 Å². The maximum Gasteiger partial charge on any atom is 0.174 e. The van der Waals surface area contributed by atoms with Gasteiger partial charge in [-0.2, -0.15) is 0 Å². The van der Waals surface area contributed by atoms with E-state index in [1.165, 1.54) is 11.1 Å². The van der Waals surface area contributed by atoms with Crippen molar-refractivity contribution >= 4 is 45.9 Å². The molecule has 1 aromatic heterocycles. The van der Waals surface area contributed by atoms with Crippen molar-refractivity contribution in [2.24, 2.45) is 0 Å². The van der Waals surface area contributed by atoms with Crippen molar-refractivity contribution in [3.8, 4) is 11.5 Å². The number of nitrogens with zero attached hydrogens (tertiary/aromatic N) is 3. The van der Waals surface area contributed by atoms with Crippen LogP contribution in [0.4, 0.5) is 11.4 Å². The van der Waals surface area contributed by atoms with Crippen LogP contribution in [-0.4, -0.2) is 22.7 Å². The molecule has 0 radical (unpaired) electrons. The summed E-state index contributed by atoms with van der Waals surface area (Å²) in [5.74, 6) is 1.60. The number of ether oxygens (including phenoxy) is 1. The lowest BCUT2D eigenvalue weighted by molar-refractivity contribution is 0.479. The van der Waals surface area contributed by atoms with Crippen LogP contribution in [-0.2, 0) is 0 Å². The van der Waals surface area contributed by atoms with E-state index in [1.807, 2.05) is 79.9 Å². The van der Waals surface area contributed by atoms with Gasteiger partial charge in [0, 0.05) is 35.2 Å². The van der Waals surface area contributed by atoms with Crippen molar-refractivity contribution in [3.05, 3.63) is 119 Å². The summed E-state index contributed by atoms with van der Waals surface area (Å²) in [5.41, 5.74) is 7.34. The van der Waals surface area contributed by atoms with Crippen LogP contribution in [0.1, 0.15) is 55.2 Å². The van der Waals surface area contributed by atoms with Crippen LogP contribution >= 0.6 is 23.8 Å². The van der Waals surface area contributed by atoms with E-state index in [0.29, 0.717) is 10.1 Å². The van der Waals surface area contributed by atoms with E-state index >= 15 is 0 Å². The molecule has 0 spiro atoms. The average molecular weight is 581 g/mol. The second-order valence-electron chi connectivity index (χ2n) is 11.3. The first kappa shape index (κ1) is 27.3. The number of benzene rings is 3. The number of nitrogens with one attached hydrogen (secondary N) is 1. The maximum absolute atomic E-state index is 7.15. The van der Waals surface area contributed by atoms with Gasteiger partial charge in [-0.05, 0) is 111 Å². The number of aryl methyl sites for hydroxylation is 1. The number of thiocarbonyl (C=S) groups is 1. The molecule has 1 N–H and O–H groups in total. The molecular weight excluding hydrogens is 548 g/mol. The predicted molar refractivity (Wildman–Crippen MR) is 173 cm³/mol. The Kier molecular flexibility index (Phi) is 7.00. The van der Waals surface area contributed by atoms with Gasteiger partial charge in [0.05, 0.1) is 23.3 Å². The van der Waals surface area contributed by atoms with Gasteiger partial charge in [-0.25, -0.2) is 0 Å². The van der Waals surface area contributed by atoms with Crippen molar-refractivity contribution in [2.45, 2.75) is 45.3 Å². The molecule has 1 fully saturated rings. The number of hydrogen-bond acceptors (Lipinski definition) is 4. The Labute approximate surface area is 252 Å². The lowest BCUT2D eigenvalue weighted by Crippen LogP contribution is -2.42. The zero-order chi connectivity index (χ0) is 28.9. The van der Waals surface area contributed by atoms with Gasteiger partial charge in [-0.3, -0.25) is 4.98 Å². The molecule has 7 heteroatoms. The van der Waals surface area contributed by atoms with Gasteiger partial charge in [-0.15, -0.1) is 0 Å². The van der Waals surface area contributed by atoms with Crippen molar-refractivity contribution < 1.29 is 4.74 Å². The zero-order valence-corrected chi connectivity index (χ0v) is 25.4. The number of para-hydroxylation sites is 1. The second kappa shape index (κ2) is 10.5. The molecule has 0 bridgehead atoms. The fourth-order valence-corrected chi connectivity index (χ4v) is 6.45. The Morgan fingerprint density at radius 3 is 2.41 bits per heavy atom. The first-order chi connectivity index (χ1) is 19.6. The molecule has 0 aliphatic carbocycles. The molecule has 41 heavy (non-hydrogen) atoms. The van der Waals surface area contributed by atoms with E-state index in [2.05, 4.69) is 61.1 Å². The third kappa shape index (κ3) is 4.96. The average Bonchev–Trinajstić information content (AvgIpc) is 3.30. The van der Waals surface area contributed by atoms with Gasteiger partial charge >= 0.3 is 0 Å². The summed E-state index contributed by atoms with van der Waals surface area (Å²) in [6.45, 7) is 8.64. The highest BCUT2D eigenvalue weighted by atomic mass is 35.5. The summed E-state index contributed by atoms with van der Waals surface area (Å²) in [7, 11) is 2.12. The van der Waals surface area contributed by atoms with Crippen molar-refractivity contribution in [1.82, 2.24) is 10.3 Å². The topological polar surface area (TPSA) is 40.6 Å². The molecule has 3 aromatic carbocycles. The van der Waals surface area contributed by atoms with Crippen LogP contribution in [0.15, 0.2) is 91.1 Å². The van der Waals surface area contributed by atoms with Crippen LogP contribution in [0.2, 0.25) is 5.02 Å². The Balaban J connectivity index is 1.43. The largest absolute Gasteiger partial charge is 0.457 e. The predicted octanol–water partition coefficient (Wildman–Crippen LogP) is 8.64. The minimum atomic E-state index is -0.216. The van der Waals surface area contributed by atoms with Gasteiger partial charge in [0.25, 0.3) is 0 Å². The molecular formula is C34H33ClN4OS. The highest BCUT2D eigenvalue weighted by molar-refractivity contribution is 7.80. The SMILES string of the molecule is CC1=CC(C)(C)N(C)c2cc(Cl)c([C@@H]3[C@@H](c4ccccn4)NC(=S)N3c3ccc(Oc4ccccc4C)cc3)cc21. The molecule has 0 unspecified atom stereocenters. The first-order valence-electron chi connectivity index (χ1n) is 13.8. The number of fused-ring (bicyclic) bond motifs is 1. The highest BCUT2D eigenvalue weighted by Crippen LogP contribution is 2.48. The van der Waals surface area contributed by atoms with Crippen molar-refractivity contribution in [3.63, 3.8) is 0 Å². The minimum Gasteiger partial charge on any atom is -0.457 e. The quantitative estimate of drug-likeness (QED) is 0.238. The van der Waals surface area contributed by atoms with Crippen LogP contribution in [0.25, 0.3) is 5.57 Å². The van der Waals surface area contributed by atoms with E-state index < -0.39 is 0 Å². The van der Waals surface area contributed by atoms with Crippen LogP contribution in [0, 0.1) is 6.92 Å². The summed E-state index contributed by atoms with van der Waals surface area (Å²) in [5, 5.41) is 4.87. The van der Waals surface area contributed by atoms with Gasteiger partial charge < -0.3 is 19.9 Å². The number of allylic oxidation sites excluding steroid dienone is 1. The summed E-state index contributed by atoms with van der Waals surface area (Å²) in [6, 6.07) is 25.9. The Morgan fingerprint density at radius 1 is 0.976 bits per heavy atom. The fourth-order valence-electron chi connectivity index (χ4n) is 5.84. The minimum absolute atomic E-state index is 0.108. The number of rotatable bonds is 5. The first-order valence-corrected chi connectivity index (χ1v) is 14.5. The Hall–Kier alpha value is -3.87. The monoisotopic (exact) mass is 580 g/mol. The normalized spacial score (nSPS) is 19.5. The molecule has 1 saturated heterocycles. The molecule has 2 atom stereocenters. The van der Waals surface area contributed by atoms with Crippen LogP contribution < -0.4 is 19.9 Å². The van der Waals surface area contributed by atoms with Crippen molar-refractivity contribution in [2.75, 3.05) is 16.8 Å². The molecule has 2 aliphatic rings. The van der Waals surface area contributed by atoms with Gasteiger partial charge in [0.2, 0.25) is 0 Å². The summed E-state index contributed by atoms with van der Waals surface area (Å²) < 4.78 is 6.17. The molecule has 208 valence electrons. The second-order valence-corrected chi connectivity index (χ2v) is 12.1. The number of halogens is 1. The van der Waals surface area contributed by atoms with E-state index in [1.54, 1.807) is 0 Å². The molecule has 0 amide bonds. The van der Waals surface area contributed by atoms with Crippen LogP contribution in [0.5, 0.6) is 11.5 Å². The smallest absolute Gasteiger partial charge is 0.174 e. The van der Waals surface area contributed by atoms with E-state index in [4.69, 9.17) is 33.5 Å². The number of pyridine rings is 1. The number of aromatic nitrogens is 1. The van der Waals surface area contributed by atoms with E-state index in [0.717, 1.165) is 39.7 Å². The maximum atomic E-state index is 7.15. The molecule has 4 aromatic rings. The van der Waals surface area contributed by atoms with Gasteiger partial charge in [0.1, 0.15) is 11.5 Å². The molecule has 0 saturated carbocycles. The molecule has 3 heterocycles. The van der Waals surface area contributed by atoms with Gasteiger partial charge in [0.15, 0.2) is 5.11 Å². The Morgan fingerprint density at radius 2 is 1.71 bits per heavy atom. The third-order valence-corrected chi connectivity index (χ3v) is 8.83. The molecule has 6 rings (SSSR count). The third-order valence-electron chi connectivity index (χ3n) is 8.19. The summed E-state index contributed by atoms with van der Waals surface area (Å²) >= 11 is 13.1. The van der Waals surface area contributed by atoms with E-state index in [-0.39, 0.29) is 17.6 Å². The lowest BCUT2D eigenvalue weighted by atomic mass is 9.86. The summed E-state index contributed by atoms with van der Waals surface area (Å²) in [6.07, 6.45) is 4.13. The van der Waals surface area contributed by atoms with Crippen LogP contribution in [0.3, 0.4) is 0 Å². The highest BCUT2D eigenvalue weighted by Gasteiger charge is 2.42. The lowest BCUT2D eigenvalue weighted by Gasteiger charge is -2.41.